The zero-order valence-electron chi connectivity index (χ0n) is 12.9. The minimum Gasteiger partial charge on any atom is -0.316 e. The van der Waals surface area contributed by atoms with E-state index in [1.165, 1.54) is 7.14 Å². The molecule has 0 amide bonds. The molecule has 25 heavy (non-hydrogen) atoms. The molecular weight excluding hydrogens is 558 g/mol. The summed E-state index contributed by atoms with van der Waals surface area (Å²) >= 11 is 6.20. The zero-order valence-corrected chi connectivity index (χ0v) is 18.0. The smallest absolute Gasteiger partial charge is 0.152 e. The molecule has 0 aliphatic heterocycles. The maximum atomic E-state index is 4.46. The Morgan fingerprint density at radius 1 is 0.880 bits per heavy atom. The predicted molar refractivity (Wildman–Crippen MR) is 116 cm³/mol. The van der Waals surface area contributed by atoms with Gasteiger partial charge in [0.2, 0.25) is 0 Å². The van der Waals surface area contributed by atoms with E-state index in [0.717, 1.165) is 16.1 Å². The number of imidazole rings is 1. The predicted octanol–water partition coefficient (Wildman–Crippen LogP) is 4.78. The number of benzene rings is 2. The van der Waals surface area contributed by atoms with E-state index in [-0.39, 0.29) is 0 Å². The van der Waals surface area contributed by atoms with Gasteiger partial charge in [-0.15, -0.1) is 21.5 Å². The van der Waals surface area contributed by atoms with Crippen LogP contribution in [0.3, 0.4) is 0 Å². The molecule has 4 aromatic rings. The first kappa shape index (κ1) is 17.1. The van der Waals surface area contributed by atoms with Crippen LogP contribution in [0.5, 0.6) is 0 Å². The minimum atomic E-state index is -0.591. The van der Waals surface area contributed by atoms with Crippen molar-refractivity contribution in [3.05, 3.63) is 96.0 Å². The van der Waals surface area contributed by atoms with Gasteiger partial charge in [0.25, 0.3) is 0 Å². The Labute approximate surface area is 176 Å². The summed E-state index contributed by atoms with van der Waals surface area (Å²) in [6.07, 6.45) is 5.63. The largest absolute Gasteiger partial charge is 0.316 e. The van der Waals surface area contributed by atoms with Gasteiger partial charge >= 0.3 is 0 Å². The average Bonchev–Trinajstić information content (AvgIpc) is 3.33. The van der Waals surface area contributed by atoms with E-state index in [1.54, 1.807) is 23.0 Å². The lowest BCUT2D eigenvalue weighted by Gasteiger charge is -2.34. The first-order valence-electron chi connectivity index (χ1n) is 7.48. The summed E-state index contributed by atoms with van der Waals surface area (Å²) < 4.78 is 4.50. The quantitative estimate of drug-likeness (QED) is 0.332. The number of hydrogen-bond acceptors (Lipinski definition) is 4. The van der Waals surface area contributed by atoms with Crippen LogP contribution in [-0.2, 0) is 5.54 Å². The van der Waals surface area contributed by atoms with Gasteiger partial charge in [-0.2, -0.15) is 0 Å². The van der Waals surface area contributed by atoms with Crippen LogP contribution < -0.4 is 0 Å². The Morgan fingerprint density at radius 3 is 1.92 bits per heavy atom. The Hall–Kier alpha value is -1.33. The summed E-state index contributed by atoms with van der Waals surface area (Å²) in [5.41, 5.74) is 3.44. The van der Waals surface area contributed by atoms with Gasteiger partial charge in [-0.3, -0.25) is 0 Å². The molecule has 2 aromatic heterocycles. The first-order chi connectivity index (χ1) is 12.2. The second-order valence-electron chi connectivity index (χ2n) is 5.44. The van der Waals surface area contributed by atoms with E-state index in [9.17, 15) is 0 Å². The molecule has 0 saturated carbocycles. The molecule has 7 heteroatoms. The summed E-state index contributed by atoms with van der Waals surface area (Å²) in [6, 6.07) is 17.1. The molecule has 2 heterocycles. The Morgan fingerprint density at radius 2 is 1.48 bits per heavy atom. The van der Waals surface area contributed by atoms with Crippen LogP contribution in [0.4, 0.5) is 0 Å². The zero-order chi connectivity index (χ0) is 17.3. The molecule has 0 aliphatic carbocycles. The number of rotatable bonds is 4. The molecule has 0 saturated heterocycles. The fourth-order valence-electron chi connectivity index (χ4n) is 2.99. The van der Waals surface area contributed by atoms with Crippen LogP contribution in [0.25, 0.3) is 0 Å². The van der Waals surface area contributed by atoms with E-state index in [2.05, 4.69) is 113 Å². The van der Waals surface area contributed by atoms with E-state index in [1.807, 2.05) is 12.5 Å². The van der Waals surface area contributed by atoms with Crippen LogP contribution in [0.2, 0.25) is 0 Å². The third-order valence-corrected chi connectivity index (χ3v) is 6.32. The maximum absolute atomic E-state index is 4.46. The van der Waals surface area contributed by atoms with Crippen LogP contribution in [-0.4, -0.2) is 19.7 Å². The Balaban J connectivity index is 2.08. The van der Waals surface area contributed by atoms with E-state index in [0.29, 0.717) is 0 Å². The normalized spacial score (nSPS) is 11.6. The third kappa shape index (κ3) is 3.02. The SMILES string of the molecule is Ic1ccc(C(c2ccc(I)cc2)(c2nncs2)n2ccnc2)cc1. The van der Waals surface area contributed by atoms with E-state index < -0.39 is 5.54 Å². The molecular formula is C18H12I2N4S. The fraction of sp³-hybridized carbons (Fsp3) is 0.0556. The number of hydrogen-bond donors (Lipinski definition) is 0. The van der Waals surface area contributed by atoms with Gasteiger partial charge in [0.1, 0.15) is 11.0 Å². The van der Waals surface area contributed by atoms with Crippen LogP contribution in [0.15, 0.2) is 72.8 Å². The lowest BCUT2D eigenvalue weighted by Crippen LogP contribution is -2.37. The molecule has 0 fully saturated rings. The van der Waals surface area contributed by atoms with Crippen molar-refractivity contribution in [2.45, 2.75) is 5.54 Å². The first-order valence-corrected chi connectivity index (χ1v) is 10.5. The van der Waals surface area contributed by atoms with Gasteiger partial charge in [0, 0.05) is 19.5 Å². The Bertz CT molecular complexity index is 868. The second kappa shape index (κ2) is 7.12. The summed E-state index contributed by atoms with van der Waals surface area (Å²) in [4.78, 5) is 4.30. The summed E-state index contributed by atoms with van der Waals surface area (Å²) in [7, 11) is 0. The van der Waals surface area contributed by atoms with Crippen LogP contribution in [0, 0.1) is 7.14 Å². The van der Waals surface area contributed by atoms with Gasteiger partial charge < -0.3 is 4.57 Å². The molecule has 124 valence electrons. The highest BCUT2D eigenvalue weighted by Gasteiger charge is 2.41. The number of aromatic nitrogens is 4. The lowest BCUT2D eigenvalue weighted by atomic mass is 9.83. The van der Waals surface area contributed by atoms with Crippen LogP contribution in [0.1, 0.15) is 16.1 Å². The summed E-state index contributed by atoms with van der Waals surface area (Å²) in [6.45, 7) is 0. The van der Waals surface area contributed by atoms with Gasteiger partial charge in [-0.1, -0.05) is 24.3 Å². The minimum absolute atomic E-state index is 0.591. The van der Waals surface area contributed by atoms with Gasteiger partial charge in [0.05, 0.1) is 6.33 Å². The average molecular weight is 570 g/mol. The monoisotopic (exact) mass is 570 g/mol. The van der Waals surface area contributed by atoms with Gasteiger partial charge in [-0.05, 0) is 80.6 Å². The molecule has 0 aliphatic rings. The van der Waals surface area contributed by atoms with Crippen molar-refractivity contribution in [3.8, 4) is 0 Å². The van der Waals surface area contributed by atoms with E-state index >= 15 is 0 Å². The molecule has 0 spiro atoms. The van der Waals surface area contributed by atoms with Crippen molar-refractivity contribution >= 4 is 56.5 Å². The molecule has 0 bridgehead atoms. The third-order valence-electron chi connectivity index (χ3n) is 4.09. The molecule has 0 unspecified atom stereocenters. The topological polar surface area (TPSA) is 43.6 Å². The summed E-state index contributed by atoms with van der Waals surface area (Å²) in [5.74, 6) is 0. The molecule has 0 N–H and O–H groups in total. The van der Waals surface area contributed by atoms with Crippen molar-refractivity contribution < 1.29 is 0 Å². The molecule has 2 aromatic carbocycles. The van der Waals surface area contributed by atoms with Gasteiger partial charge in [-0.25, -0.2) is 4.98 Å². The Kier molecular flexibility index (Phi) is 4.87. The molecule has 0 atom stereocenters. The molecule has 0 radical (unpaired) electrons. The highest BCUT2D eigenvalue weighted by Crippen LogP contribution is 2.41. The highest BCUT2D eigenvalue weighted by molar-refractivity contribution is 14.1. The second-order valence-corrected chi connectivity index (χ2v) is 8.76. The van der Waals surface area contributed by atoms with Crippen molar-refractivity contribution in [1.29, 1.82) is 0 Å². The van der Waals surface area contributed by atoms with Crippen molar-refractivity contribution in [3.63, 3.8) is 0 Å². The van der Waals surface area contributed by atoms with Crippen LogP contribution >= 0.6 is 56.5 Å². The molecule has 4 rings (SSSR count). The summed E-state index contributed by atoms with van der Waals surface area (Å²) in [5, 5.41) is 9.48. The van der Waals surface area contributed by atoms with E-state index in [4.69, 9.17) is 0 Å². The number of nitrogens with zero attached hydrogens (tertiary/aromatic N) is 4. The fourth-order valence-corrected chi connectivity index (χ4v) is 4.51. The standard InChI is InChI=1S/C18H12I2N4S/c19-15-5-1-13(2-6-15)18(17-23-22-12-25-17,24-10-9-21-11-24)14-3-7-16(20)8-4-14/h1-12H. The van der Waals surface area contributed by atoms with Gasteiger partial charge in [0.15, 0.2) is 5.01 Å². The van der Waals surface area contributed by atoms with Crippen molar-refractivity contribution in [2.75, 3.05) is 0 Å². The number of halogens is 2. The molecule has 4 nitrogen and oxygen atoms in total. The van der Waals surface area contributed by atoms with Crippen molar-refractivity contribution in [1.82, 2.24) is 19.7 Å². The maximum Gasteiger partial charge on any atom is 0.152 e. The highest BCUT2D eigenvalue weighted by atomic mass is 127. The lowest BCUT2D eigenvalue weighted by molar-refractivity contribution is 0.507. The van der Waals surface area contributed by atoms with Crippen molar-refractivity contribution in [2.24, 2.45) is 0 Å².